The van der Waals surface area contributed by atoms with E-state index in [-0.39, 0.29) is 11.8 Å². The molecular weight excluding hydrogens is 226 g/mol. The molecule has 2 rings (SSSR count). The van der Waals surface area contributed by atoms with E-state index in [2.05, 4.69) is 29.5 Å². The van der Waals surface area contributed by atoms with Gasteiger partial charge in [-0.2, -0.15) is 0 Å². The predicted molar refractivity (Wildman–Crippen MR) is 73.4 cm³/mol. The average Bonchev–Trinajstić information content (AvgIpc) is 2.41. The molecule has 1 atom stereocenters. The van der Waals surface area contributed by atoms with Crippen molar-refractivity contribution in [3.05, 3.63) is 0 Å². The fourth-order valence-corrected chi connectivity index (χ4v) is 2.86. The number of piperidine rings is 2. The van der Waals surface area contributed by atoms with Crippen LogP contribution < -0.4 is 10.6 Å². The van der Waals surface area contributed by atoms with Crippen molar-refractivity contribution in [2.24, 2.45) is 11.3 Å². The summed E-state index contributed by atoms with van der Waals surface area (Å²) in [5.74, 6) is 0.441. The third-order valence-corrected chi connectivity index (χ3v) is 4.55. The highest BCUT2D eigenvalue weighted by Gasteiger charge is 2.30. The van der Waals surface area contributed by atoms with E-state index in [4.69, 9.17) is 0 Å². The van der Waals surface area contributed by atoms with Crippen LogP contribution in [0.25, 0.3) is 0 Å². The molecule has 0 aromatic carbocycles. The van der Waals surface area contributed by atoms with Crippen LogP contribution in [0.5, 0.6) is 0 Å². The van der Waals surface area contributed by atoms with Crippen LogP contribution in [-0.2, 0) is 4.79 Å². The van der Waals surface area contributed by atoms with Crippen LogP contribution >= 0.6 is 0 Å². The van der Waals surface area contributed by atoms with Crippen molar-refractivity contribution in [1.29, 1.82) is 0 Å². The predicted octanol–water partition coefficient (Wildman–Crippen LogP) is 0.834. The van der Waals surface area contributed by atoms with Crippen LogP contribution in [-0.4, -0.2) is 50.6 Å². The van der Waals surface area contributed by atoms with Gasteiger partial charge in [-0.3, -0.25) is 4.79 Å². The summed E-state index contributed by atoms with van der Waals surface area (Å²) in [6.45, 7) is 7.36. The lowest BCUT2D eigenvalue weighted by Crippen LogP contribution is -2.46. The van der Waals surface area contributed by atoms with Crippen LogP contribution in [0.15, 0.2) is 0 Å². The molecule has 2 aliphatic heterocycles. The summed E-state index contributed by atoms with van der Waals surface area (Å²) in [4.78, 5) is 14.5. The van der Waals surface area contributed by atoms with Gasteiger partial charge in [-0.15, -0.1) is 0 Å². The van der Waals surface area contributed by atoms with E-state index in [0.717, 1.165) is 45.6 Å². The van der Waals surface area contributed by atoms with Gasteiger partial charge < -0.3 is 15.5 Å². The van der Waals surface area contributed by atoms with Crippen molar-refractivity contribution in [3.63, 3.8) is 0 Å². The summed E-state index contributed by atoms with van der Waals surface area (Å²) in [6.07, 6.45) is 4.54. The van der Waals surface area contributed by atoms with E-state index >= 15 is 0 Å². The molecule has 104 valence electrons. The minimum absolute atomic E-state index is 0.189. The maximum atomic E-state index is 12.1. The Morgan fingerprint density at radius 3 is 2.78 bits per heavy atom. The molecule has 0 aliphatic carbocycles. The summed E-state index contributed by atoms with van der Waals surface area (Å²) in [5.41, 5.74) is 0.296. The Hall–Kier alpha value is -0.610. The largest absolute Gasteiger partial charge is 0.355 e. The highest BCUT2D eigenvalue weighted by Crippen LogP contribution is 2.29. The molecule has 4 nitrogen and oxygen atoms in total. The van der Waals surface area contributed by atoms with E-state index < -0.39 is 0 Å². The highest BCUT2D eigenvalue weighted by atomic mass is 16.1. The molecule has 0 bridgehead atoms. The third-order valence-electron chi connectivity index (χ3n) is 4.55. The molecule has 2 fully saturated rings. The lowest BCUT2D eigenvalue weighted by Gasteiger charge is -2.38. The topological polar surface area (TPSA) is 44.4 Å². The standard InChI is InChI=1S/C14H27N3O/c1-14(5-8-17(2)9-6-14)11-16-13(18)12-4-3-7-15-10-12/h12,15H,3-11H2,1-2H3,(H,16,18)/t12-/m1/s1. The number of hydrogen-bond acceptors (Lipinski definition) is 3. The van der Waals surface area contributed by atoms with Crippen molar-refractivity contribution >= 4 is 5.91 Å². The van der Waals surface area contributed by atoms with Crippen molar-refractivity contribution in [3.8, 4) is 0 Å². The number of carbonyl (C=O) groups excluding carboxylic acids is 1. The van der Waals surface area contributed by atoms with Gasteiger partial charge >= 0.3 is 0 Å². The van der Waals surface area contributed by atoms with Gasteiger partial charge in [0.2, 0.25) is 5.91 Å². The minimum atomic E-state index is 0.189. The summed E-state index contributed by atoms with van der Waals surface area (Å²) < 4.78 is 0. The number of nitrogens with one attached hydrogen (secondary N) is 2. The van der Waals surface area contributed by atoms with E-state index in [0.29, 0.717) is 5.41 Å². The summed E-state index contributed by atoms with van der Waals surface area (Å²) in [7, 11) is 2.17. The monoisotopic (exact) mass is 253 g/mol. The van der Waals surface area contributed by atoms with Gasteiger partial charge in [-0.05, 0) is 57.8 Å². The third kappa shape index (κ3) is 3.69. The Morgan fingerprint density at radius 1 is 1.44 bits per heavy atom. The van der Waals surface area contributed by atoms with Gasteiger partial charge in [-0.1, -0.05) is 6.92 Å². The van der Waals surface area contributed by atoms with Gasteiger partial charge in [0.15, 0.2) is 0 Å². The number of nitrogens with zero attached hydrogens (tertiary/aromatic N) is 1. The maximum absolute atomic E-state index is 12.1. The first-order valence-corrected chi connectivity index (χ1v) is 7.26. The summed E-state index contributed by atoms with van der Waals surface area (Å²) >= 11 is 0. The first kappa shape index (κ1) is 13.8. The zero-order valence-electron chi connectivity index (χ0n) is 11.8. The highest BCUT2D eigenvalue weighted by molar-refractivity contribution is 5.79. The van der Waals surface area contributed by atoms with Gasteiger partial charge in [0.05, 0.1) is 5.92 Å². The van der Waals surface area contributed by atoms with E-state index in [1.165, 1.54) is 12.8 Å². The van der Waals surface area contributed by atoms with Gasteiger partial charge in [-0.25, -0.2) is 0 Å². The second-order valence-electron chi connectivity index (χ2n) is 6.38. The second-order valence-corrected chi connectivity index (χ2v) is 6.38. The molecule has 2 aliphatic rings. The van der Waals surface area contributed by atoms with Crippen LogP contribution in [0.1, 0.15) is 32.6 Å². The van der Waals surface area contributed by atoms with Crippen LogP contribution in [0.4, 0.5) is 0 Å². The Morgan fingerprint density at radius 2 is 2.17 bits per heavy atom. The average molecular weight is 253 g/mol. The van der Waals surface area contributed by atoms with Gasteiger partial charge in [0.25, 0.3) is 0 Å². The molecule has 2 N–H and O–H groups in total. The first-order chi connectivity index (χ1) is 8.59. The fraction of sp³-hybridized carbons (Fsp3) is 0.929. The van der Waals surface area contributed by atoms with E-state index in [9.17, 15) is 4.79 Å². The van der Waals surface area contributed by atoms with Gasteiger partial charge in [0.1, 0.15) is 0 Å². The molecule has 1 amide bonds. The molecular formula is C14H27N3O. The maximum Gasteiger partial charge on any atom is 0.224 e. The number of rotatable bonds is 3. The lowest BCUT2D eigenvalue weighted by atomic mass is 9.80. The molecule has 18 heavy (non-hydrogen) atoms. The van der Waals surface area contributed by atoms with Gasteiger partial charge in [0, 0.05) is 13.1 Å². The number of amides is 1. The lowest BCUT2D eigenvalue weighted by molar-refractivity contribution is -0.126. The number of carbonyl (C=O) groups is 1. The Balaban J connectivity index is 1.74. The quantitative estimate of drug-likeness (QED) is 0.783. The molecule has 0 unspecified atom stereocenters. The normalized spacial score (nSPS) is 28.9. The summed E-state index contributed by atoms with van der Waals surface area (Å²) in [6, 6.07) is 0. The van der Waals surface area contributed by atoms with Crippen molar-refractivity contribution in [2.75, 3.05) is 39.8 Å². The van der Waals surface area contributed by atoms with Crippen LogP contribution in [0.3, 0.4) is 0 Å². The first-order valence-electron chi connectivity index (χ1n) is 7.26. The second kappa shape index (κ2) is 6.02. The van der Waals surface area contributed by atoms with Crippen molar-refractivity contribution in [2.45, 2.75) is 32.6 Å². The number of hydrogen-bond donors (Lipinski definition) is 2. The summed E-state index contributed by atoms with van der Waals surface area (Å²) in [5, 5.41) is 6.48. The van der Waals surface area contributed by atoms with E-state index in [1.807, 2.05) is 0 Å². The zero-order valence-corrected chi connectivity index (χ0v) is 11.8. The SMILES string of the molecule is CN1CCC(C)(CNC(=O)[C@@H]2CCCNC2)CC1. The molecule has 2 heterocycles. The molecule has 0 saturated carbocycles. The Bertz CT molecular complexity index is 279. The molecule has 0 aromatic heterocycles. The smallest absolute Gasteiger partial charge is 0.224 e. The van der Waals surface area contributed by atoms with Crippen molar-refractivity contribution in [1.82, 2.24) is 15.5 Å². The molecule has 0 spiro atoms. The fourth-order valence-electron chi connectivity index (χ4n) is 2.86. The minimum Gasteiger partial charge on any atom is -0.355 e. The Labute approximate surface area is 110 Å². The van der Waals surface area contributed by atoms with Crippen LogP contribution in [0.2, 0.25) is 0 Å². The molecule has 4 heteroatoms. The Kier molecular flexibility index (Phi) is 4.62. The molecule has 0 radical (unpaired) electrons. The molecule has 2 saturated heterocycles. The number of likely N-dealkylation sites (tertiary alicyclic amines) is 1. The zero-order chi connectivity index (χ0) is 13.0. The van der Waals surface area contributed by atoms with Crippen molar-refractivity contribution < 1.29 is 4.79 Å². The van der Waals surface area contributed by atoms with Crippen LogP contribution in [0, 0.1) is 11.3 Å². The van der Waals surface area contributed by atoms with E-state index in [1.54, 1.807) is 0 Å². The molecule has 0 aromatic rings.